The van der Waals surface area contributed by atoms with Gasteiger partial charge in [0.15, 0.2) is 0 Å². The second kappa shape index (κ2) is 5.59. The summed E-state index contributed by atoms with van der Waals surface area (Å²) in [6.45, 7) is 1.96. The van der Waals surface area contributed by atoms with Gasteiger partial charge in [-0.2, -0.15) is 0 Å². The second-order valence-corrected chi connectivity index (χ2v) is 5.58. The number of aromatic nitrogens is 2. The minimum absolute atomic E-state index is 0.150. The molecule has 0 aliphatic carbocycles. The van der Waals surface area contributed by atoms with Crippen LogP contribution in [0.4, 0.5) is 0 Å². The van der Waals surface area contributed by atoms with E-state index in [0.29, 0.717) is 31.4 Å². The van der Waals surface area contributed by atoms with Crippen molar-refractivity contribution < 1.29 is 0 Å². The third-order valence-corrected chi connectivity index (χ3v) is 4.11. The predicted octanol–water partition coefficient (Wildman–Crippen LogP) is 3.91. The van der Waals surface area contributed by atoms with Gasteiger partial charge in [-0.1, -0.05) is 30.1 Å². The third kappa shape index (κ3) is 2.70. The van der Waals surface area contributed by atoms with Gasteiger partial charge < -0.3 is 4.98 Å². The SMILES string of the molecule is CCc1nc(-c2ccc(Cl)cc2Cl)[nH]c(=O)c1I. The lowest BCUT2D eigenvalue weighted by atomic mass is 10.2. The van der Waals surface area contributed by atoms with Gasteiger partial charge in [0.2, 0.25) is 0 Å². The maximum atomic E-state index is 11.8. The second-order valence-electron chi connectivity index (χ2n) is 3.65. The van der Waals surface area contributed by atoms with E-state index in [2.05, 4.69) is 9.97 Å². The maximum Gasteiger partial charge on any atom is 0.264 e. The molecular formula is C12H9Cl2IN2O. The van der Waals surface area contributed by atoms with E-state index in [4.69, 9.17) is 23.2 Å². The molecule has 3 nitrogen and oxygen atoms in total. The van der Waals surface area contributed by atoms with Crippen LogP contribution >= 0.6 is 45.8 Å². The average Bonchev–Trinajstić information content (AvgIpc) is 2.32. The molecule has 1 aromatic heterocycles. The van der Waals surface area contributed by atoms with Gasteiger partial charge in [0, 0.05) is 10.6 Å². The number of H-pyrrole nitrogens is 1. The van der Waals surface area contributed by atoms with Crippen LogP contribution in [0.15, 0.2) is 23.0 Å². The van der Waals surface area contributed by atoms with Crippen molar-refractivity contribution in [3.63, 3.8) is 0 Å². The number of aryl methyl sites for hydroxylation is 1. The van der Waals surface area contributed by atoms with Crippen LogP contribution in [0, 0.1) is 3.57 Å². The van der Waals surface area contributed by atoms with E-state index >= 15 is 0 Å². The molecule has 6 heteroatoms. The lowest BCUT2D eigenvalue weighted by Crippen LogP contribution is -2.16. The van der Waals surface area contributed by atoms with Crippen molar-refractivity contribution in [3.8, 4) is 11.4 Å². The molecular weight excluding hydrogens is 386 g/mol. The molecule has 0 spiro atoms. The quantitative estimate of drug-likeness (QED) is 0.785. The van der Waals surface area contributed by atoms with Crippen molar-refractivity contribution >= 4 is 45.8 Å². The topological polar surface area (TPSA) is 45.8 Å². The molecule has 0 saturated heterocycles. The van der Waals surface area contributed by atoms with Gasteiger partial charge in [0.05, 0.1) is 14.3 Å². The number of halogens is 3. The first-order valence-corrected chi connectivity index (χ1v) is 7.10. The standard InChI is InChI=1S/C12H9Cl2IN2O/c1-2-9-10(15)12(18)17-11(16-9)7-4-3-6(13)5-8(7)14/h3-5H,2H2,1H3,(H,16,17,18). The van der Waals surface area contributed by atoms with Crippen LogP contribution < -0.4 is 5.56 Å². The molecule has 0 aliphatic rings. The maximum absolute atomic E-state index is 11.8. The van der Waals surface area contributed by atoms with Crippen LogP contribution in [0.25, 0.3) is 11.4 Å². The summed E-state index contributed by atoms with van der Waals surface area (Å²) < 4.78 is 0.615. The molecule has 1 heterocycles. The van der Waals surface area contributed by atoms with Gasteiger partial charge in [-0.25, -0.2) is 4.98 Å². The molecule has 1 N–H and O–H groups in total. The molecule has 0 bridgehead atoms. The Bertz CT molecular complexity index is 655. The summed E-state index contributed by atoms with van der Waals surface area (Å²) in [5.41, 5.74) is 1.29. The van der Waals surface area contributed by atoms with Crippen LogP contribution in [-0.2, 0) is 6.42 Å². The van der Waals surface area contributed by atoms with Crippen molar-refractivity contribution in [1.29, 1.82) is 0 Å². The highest BCUT2D eigenvalue weighted by atomic mass is 127. The molecule has 1 aromatic carbocycles. The molecule has 0 fully saturated rings. The first-order valence-electron chi connectivity index (χ1n) is 5.27. The summed E-state index contributed by atoms with van der Waals surface area (Å²) in [6, 6.07) is 5.09. The number of hydrogen-bond acceptors (Lipinski definition) is 2. The zero-order valence-corrected chi connectivity index (χ0v) is 13.1. The summed E-state index contributed by atoms with van der Waals surface area (Å²) in [6.07, 6.45) is 0.695. The van der Waals surface area contributed by atoms with E-state index in [0.717, 1.165) is 5.69 Å². The van der Waals surface area contributed by atoms with Crippen molar-refractivity contribution in [1.82, 2.24) is 9.97 Å². The normalized spacial score (nSPS) is 10.7. The van der Waals surface area contributed by atoms with Gasteiger partial charge in [-0.3, -0.25) is 4.79 Å². The number of rotatable bonds is 2. The van der Waals surface area contributed by atoms with Gasteiger partial charge in [0.25, 0.3) is 5.56 Å². The Labute approximate surface area is 128 Å². The number of hydrogen-bond donors (Lipinski definition) is 1. The Morgan fingerprint density at radius 2 is 2.11 bits per heavy atom. The van der Waals surface area contributed by atoms with E-state index in [1.54, 1.807) is 18.2 Å². The number of aromatic amines is 1. The fraction of sp³-hybridized carbons (Fsp3) is 0.167. The fourth-order valence-electron chi connectivity index (χ4n) is 1.55. The summed E-state index contributed by atoms with van der Waals surface area (Å²) in [5, 5.41) is 1.02. The van der Waals surface area contributed by atoms with E-state index < -0.39 is 0 Å². The smallest absolute Gasteiger partial charge is 0.264 e. The van der Waals surface area contributed by atoms with Crippen molar-refractivity contribution in [2.75, 3.05) is 0 Å². The molecule has 94 valence electrons. The Balaban J connectivity index is 2.64. The molecule has 2 rings (SSSR count). The lowest BCUT2D eigenvalue weighted by molar-refractivity contribution is 0.968. The van der Waals surface area contributed by atoms with E-state index in [-0.39, 0.29) is 5.56 Å². The summed E-state index contributed by atoms with van der Waals surface area (Å²) in [7, 11) is 0. The van der Waals surface area contributed by atoms with Crippen LogP contribution in [-0.4, -0.2) is 9.97 Å². The molecule has 0 radical (unpaired) electrons. The Morgan fingerprint density at radius 3 is 2.72 bits per heavy atom. The summed E-state index contributed by atoms with van der Waals surface area (Å²) >= 11 is 13.9. The van der Waals surface area contributed by atoms with Gasteiger partial charge >= 0.3 is 0 Å². The van der Waals surface area contributed by atoms with Gasteiger partial charge in [0.1, 0.15) is 5.82 Å². The molecule has 0 saturated carbocycles. The lowest BCUT2D eigenvalue weighted by Gasteiger charge is -2.07. The first-order chi connectivity index (χ1) is 8.52. The highest BCUT2D eigenvalue weighted by molar-refractivity contribution is 14.1. The van der Waals surface area contributed by atoms with Gasteiger partial charge in [-0.15, -0.1) is 0 Å². The highest BCUT2D eigenvalue weighted by Gasteiger charge is 2.11. The highest BCUT2D eigenvalue weighted by Crippen LogP contribution is 2.27. The van der Waals surface area contributed by atoms with Crippen LogP contribution in [0.5, 0.6) is 0 Å². The Kier molecular flexibility index (Phi) is 4.29. The summed E-state index contributed by atoms with van der Waals surface area (Å²) in [5.74, 6) is 0.471. The van der Waals surface area contributed by atoms with E-state index in [1.807, 2.05) is 29.5 Å². The largest absolute Gasteiger partial charge is 0.306 e. The average molecular weight is 395 g/mol. The zero-order valence-electron chi connectivity index (χ0n) is 9.43. The van der Waals surface area contributed by atoms with Crippen molar-refractivity contribution in [2.45, 2.75) is 13.3 Å². The minimum Gasteiger partial charge on any atom is -0.306 e. The fourth-order valence-corrected chi connectivity index (χ4v) is 2.68. The predicted molar refractivity (Wildman–Crippen MR) is 82.4 cm³/mol. The van der Waals surface area contributed by atoms with Crippen LogP contribution in [0.1, 0.15) is 12.6 Å². The molecule has 18 heavy (non-hydrogen) atoms. The van der Waals surface area contributed by atoms with Crippen LogP contribution in [0.2, 0.25) is 10.0 Å². The van der Waals surface area contributed by atoms with E-state index in [1.165, 1.54) is 0 Å². The van der Waals surface area contributed by atoms with Crippen molar-refractivity contribution in [2.24, 2.45) is 0 Å². The molecule has 0 aliphatic heterocycles. The van der Waals surface area contributed by atoms with Gasteiger partial charge in [-0.05, 0) is 47.2 Å². The molecule has 0 atom stereocenters. The molecule has 0 unspecified atom stereocenters. The number of nitrogens with zero attached hydrogens (tertiary/aromatic N) is 1. The van der Waals surface area contributed by atoms with Crippen molar-refractivity contribution in [3.05, 3.63) is 47.9 Å². The number of benzene rings is 1. The first kappa shape index (κ1) is 13.8. The Hall–Kier alpha value is -0.590. The zero-order chi connectivity index (χ0) is 13.3. The summed E-state index contributed by atoms with van der Waals surface area (Å²) in [4.78, 5) is 18.9. The molecule has 0 amide bonds. The number of nitrogens with one attached hydrogen (secondary N) is 1. The molecule has 2 aromatic rings. The monoisotopic (exact) mass is 394 g/mol. The Morgan fingerprint density at radius 1 is 1.39 bits per heavy atom. The van der Waals surface area contributed by atoms with Crippen LogP contribution in [0.3, 0.4) is 0 Å². The minimum atomic E-state index is -0.150. The van der Waals surface area contributed by atoms with E-state index in [9.17, 15) is 4.79 Å². The third-order valence-electron chi connectivity index (χ3n) is 2.45.